The highest BCUT2D eigenvalue weighted by Crippen LogP contribution is 2.69. The number of sulfone groups is 1. The standard InChI is InChI=1S/C32H42O8S/c1-4-38-32(16-17-41(36,37)23-8-6-5-7-9-23)39-20-27(35)31(40-32)15-13-25-24-11-10-21-18-22(33)12-14-29(21,2)28(24)26(34)19-30(25,31)3/h5-9,18,24-26,28,34H,4,10-17,19-20H2,1-3H3/t24-,25-,26-,28+,29-,30-,31-,32?/m0/s1. The first-order chi connectivity index (χ1) is 19.4. The summed E-state index contributed by atoms with van der Waals surface area (Å²) < 4.78 is 45.0. The van der Waals surface area contributed by atoms with Crippen molar-refractivity contribution >= 4 is 21.4 Å². The molecule has 4 aliphatic carbocycles. The summed E-state index contributed by atoms with van der Waals surface area (Å²) in [6.45, 7) is 6.06. The maximum absolute atomic E-state index is 13.8. The number of hydrogen-bond donors (Lipinski definition) is 1. The van der Waals surface area contributed by atoms with Gasteiger partial charge in [-0.25, -0.2) is 8.42 Å². The Morgan fingerprint density at radius 2 is 1.83 bits per heavy atom. The van der Waals surface area contributed by atoms with Gasteiger partial charge in [0.15, 0.2) is 21.4 Å². The minimum atomic E-state index is -3.64. The largest absolute Gasteiger partial charge is 0.393 e. The van der Waals surface area contributed by atoms with Gasteiger partial charge in [0.1, 0.15) is 12.2 Å². The van der Waals surface area contributed by atoms with Crippen molar-refractivity contribution < 1.29 is 37.3 Å². The highest BCUT2D eigenvalue weighted by molar-refractivity contribution is 7.91. The fourth-order valence-corrected chi connectivity index (χ4v) is 10.8. The van der Waals surface area contributed by atoms with E-state index < -0.39 is 32.9 Å². The van der Waals surface area contributed by atoms with Gasteiger partial charge in [0.2, 0.25) is 0 Å². The van der Waals surface area contributed by atoms with Crippen LogP contribution >= 0.6 is 0 Å². The van der Waals surface area contributed by atoms with Crippen molar-refractivity contribution in [3.63, 3.8) is 0 Å². The number of hydrogen-bond acceptors (Lipinski definition) is 8. The maximum Gasteiger partial charge on any atom is 0.285 e. The summed E-state index contributed by atoms with van der Waals surface area (Å²) in [6, 6.07) is 8.26. The van der Waals surface area contributed by atoms with Crippen LogP contribution in [0.25, 0.3) is 0 Å². The quantitative estimate of drug-likeness (QED) is 0.522. The van der Waals surface area contributed by atoms with Crippen molar-refractivity contribution in [2.45, 2.75) is 94.7 Å². The monoisotopic (exact) mass is 586 g/mol. The van der Waals surface area contributed by atoms with Crippen LogP contribution in [0.1, 0.15) is 72.1 Å². The van der Waals surface area contributed by atoms with Gasteiger partial charge in [-0.3, -0.25) is 9.59 Å². The molecule has 1 aromatic carbocycles. The van der Waals surface area contributed by atoms with Crippen LogP contribution < -0.4 is 0 Å². The van der Waals surface area contributed by atoms with Crippen molar-refractivity contribution in [3.8, 4) is 0 Å². The summed E-state index contributed by atoms with van der Waals surface area (Å²) in [5, 5.41) is 11.8. The van der Waals surface area contributed by atoms with Gasteiger partial charge in [0.05, 0.1) is 16.8 Å². The molecule has 1 spiro atoms. The lowest BCUT2D eigenvalue weighted by atomic mass is 9.45. The van der Waals surface area contributed by atoms with E-state index in [-0.39, 0.29) is 65.0 Å². The van der Waals surface area contributed by atoms with Crippen molar-refractivity contribution in [3.05, 3.63) is 42.0 Å². The molecule has 6 rings (SSSR count). The maximum atomic E-state index is 13.8. The average Bonchev–Trinajstić information content (AvgIpc) is 3.22. The van der Waals surface area contributed by atoms with Crippen molar-refractivity contribution in [2.24, 2.45) is 28.6 Å². The van der Waals surface area contributed by atoms with Gasteiger partial charge in [-0.2, -0.15) is 0 Å². The number of fused-ring (bicyclic) bond motifs is 6. The van der Waals surface area contributed by atoms with Crippen molar-refractivity contribution in [1.29, 1.82) is 0 Å². The normalized spacial score (nSPS) is 42.4. The first-order valence-corrected chi connectivity index (χ1v) is 16.8. The zero-order chi connectivity index (χ0) is 29.3. The van der Waals surface area contributed by atoms with Crippen molar-refractivity contribution in [1.82, 2.24) is 0 Å². The number of rotatable bonds is 6. The second kappa shape index (κ2) is 10.1. The van der Waals surface area contributed by atoms with Crippen LogP contribution in [-0.4, -0.2) is 61.7 Å². The number of Topliss-reactive ketones (excluding diaryl/α,β-unsaturated/α-hetero) is 1. The fraction of sp³-hybridized carbons (Fsp3) is 0.688. The molecule has 5 aliphatic rings. The van der Waals surface area contributed by atoms with Gasteiger partial charge in [-0.05, 0) is 86.8 Å². The lowest BCUT2D eigenvalue weighted by molar-refractivity contribution is -0.430. The Labute approximate surface area is 242 Å². The molecule has 8 nitrogen and oxygen atoms in total. The van der Waals surface area contributed by atoms with Gasteiger partial charge in [-0.1, -0.05) is 37.6 Å². The smallest absolute Gasteiger partial charge is 0.285 e. The summed E-state index contributed by atoms with van der Waals surface area (Å²) in [5.41, 5.74) is -0.974. The summed E-state index contributed by atoms with van der Waals surface area (Å²) in [4.78, 5) is 26.3. The van der Waals surface area contributed by atoms with Crippen LogP contribution in [0.5, 0.6) is 0 Å². The molecule has 1 aromatic rings. The molecule has 8 atom stereocenters. The molecule has 1 heterocycles. The molecule has 0 bridgehead atoms. The molecule has 1 unspecified atom stereocenters. The van der Waals surface area contributed by atoms with Crippen LogP contribution in [0, 0.1) is 28.6 Å². The molecule has 41 heavy (non-hydrogen) atoms. The average molecular weight is 587 g/mol. The molecule has 4 fully saturated rings. The fourth-order valence-electron chi connectivity index (χ4n) is 9.44. The molecule has 3 saturated carbocycles. The molecule has 1 N–H and O–H groups in total. The second-order valence-electron chi connectivity index (χ2n) is 13.3. The number of aliphatic hydroxyl groups is 1. The van der Waals surface area contributed by atoms with E-state index in [1.807, 2.05) is 6.08 Å². The lowest BCUT2D eigenvalue weighted by Crippen LogP contribution is -2.68. The van der Waals surface area contributed by atoms with Crippen LogP contribution in [0.4, 0.5) is 0 Å². The van der Waals surface area contributed by atoms with Crippen LogP contribution in [0.15, 0.2) is 46.9 Å². The molecular formula is C32H42O8S. The van der Waals surface area contributed by atoms with Gasteiger partial charge in [0.25, 0.3) is 5.97 Å². The second-order valence-corrected chi connectivity index (χ2v) is 15.4. The van der Waals surface area contributed by atoms with E-state index in [9.17, 15) is 23.1 Å². The Morgan fingerprint density at radius 3 is 2.56 bits per heavy atom. The van der Waals surface area contributed by atoms with E-state index >= 15 is 0 Å². The number of ketones is 2. The minimum Gasteiger partial charge on any atom is -0.393 e. The highest BCUT2D eigenvalue weighted by Gasteiger charge is 2.72. The number of allylic oxidation sites excluding steroid dienone is 1. The number of carbonyl (C=O) groups is 2. The third-order valence-electron chi connectivity index (χ3n) is 11.4. The lowest BCUT2D eigenvalue weighted by Gasteiger charge is -2.62. The zero-order valence-electron chi connectivity index (χ0n) is 24.3. The van der Waals surface area contributed by atoms with Crippen LogP contribution in [-0.2, 0) is 33.6 Å². The summed E-state index contributed by atoms with van der Waals surface area (Å²) >= 11 is 0. The van der Waals surface area contributed by atoms with Gasteiger partial charge in [-0.15, -0.1) is 0 Å². The molecule has 1 saturated heterocycles. The first kappa shape index (κ1) is 29.2. The predicted molar refractivity (Wildman–Crippen MR) is 150 cm³/mol. The molecule has 224 valence electrons. The minimum absolute atomic E-state index is 0.0198. The third-order valence-corrected chi connectivity index (χ3v) is 13.1. The molecule has 0 amide bonds. The van der Waals surface area contributed by atoms with Crippen molar-refractivity contribution in [2.75, 3.05) is 19.0 Å². The Balaban J connectivity index is 1.31. The number of carbonyl (C=O) groups excluding carboxylic acids is 2. The first-order valence-electron chi connectivity index (χ1n) is 15.1. The SMILES string of the molecule is CCOC1(CCS(=O)(=O)c2ccccc2)OCC(=O)[C@]2(CC[C@H]3[C@@H]4CCC5=CC(=O)CC[C@]5(C)[C@H]4[C@@H](O)C[C@@]32C)O1. The predicted octanol–water partition coefficient (Wildman–Crippen LogP) is 4.40. The number of aliphatic hydroxyl groups excluding tert-OH is 1. The van der Waals surface area contributed by atoms with E-state index in [4.69, 9.17) is 14.2 Å². The molecule has 9 heteroatoms. The van der Waals surface area contributed by atoms with Crippen LogP contribution in [0.2, 0.25) is 0 Å². The molecule has 0 aromatic heterocycles. The third kappa shape index (κ3) is 4.41. The van der Waals surface area contributed by atoms with E-state index in [0.29, 0.717) is 19.3 Å². The van der Waals surface area contributed by atoms with E-state index in [1.54, 1.807) is 37.3 Å². The van der Waals surface area contributed by atoms with E-state index in [0.717, 1.165) is 25.7 Å². The van der Waals surface area contributed by atoms with Gasteiger partial charge < -0.3 is 19.3 Å². The van der Waals surface area contributed by atoms with Gasteiger partial charge in [0, 0.05) is 24.9 Å². The Bertz CT molecular complexity index is 1360. The van der Waals surface area contributed by atoms with E-state index in [2.05, 4.69) is 13.8 Å². The Hall–Kier alpha value is -1.91. The molecule has 1 aliphatic heterocycles. The van der Waals surface area contributed by atoms with Gasteiger partial charge >= 0.3 is 0 Å². The Kier molecular flexibility index (Phi) is 7.17. The number of benzene rings is 1. The molecular weight excluding hydrogens is 544 g/mol. The summed E-state index contributed by atoms with van der Waals surface area (Å²) in [5.74, 6) is -1.58. The summed E-state index contributed by atoms with van der Waals surface area (Å²) in [7, 11) is -3.64. The molecule has 0 radical (unpaired) electrons. The Morgan fingerprint density at radius 1 is 1.07 bits per heavy atom. The highest BCUT2D eigenvalue weighted by atomic mass is 32.2. The summed E-state index contributed by atoms with van der Waals surface area (Å²) in [6.07, 6.45) is 5.67. The topological polar surface area (TPSA) is 116 Å². The van der Waals surface area contributed by atoms with Crippen LogP contribution in [0.3, 0.4) is 0 Å². The number of ether oxygens (including phenoxy) is 3. The van der Waals surface area contributed by atoms with E-state index in [1.165, 1.54) is 5.57 Å². The zero-order valence-corrected chi connectivity index (χ0v) is 25.1.